The van der Waals surface area contributed by atoms with E-state index in [-0.39, 0.29) is 5.91 Å². The molecule has 0 aromatic heterocycles. The largest absolute Gasteiger partial charge is 0.392 e. The maximum atomic E-state index is 12.7. The number of carbonyl (C=O) groups excluding carboxylic acids is 1. The average Bonchev–Trinajstić information content (AvgIpc) is 2.39. The second-order valence-corrected chi connectivity index (χ2v) is 6.58. The standard InChI is InChI=1S/C12H20N2OS2/c13-10(16)12(4-2-1-3-5-12)11(15)14-6-8-17-9-7-14/h1-9H2,(H2,13,16). The first-order valence-corrected chi connectivity index (χ1v) is 7.90. The number of nitrogens with zero attached hydrogens (tertiary/aromatic N) is 1. The first kappa shape index (κ1) is 13.1. The summed E-state index contributed by atoms with van der Waals surface area (Å²) in [5.41, 5.74) is 5.37. The Kier molecular flexibility index (Phi) is 4.31. The molecule has 5 heteroatoms. The van der Waals surface area contributed by atoms with Gasteiger partial charge in [-0.2, -0.15) is 11.8 Å². The van der Waals surface area contributed by atoms with E-state index in [9.17, 15) is 4.79 Å². The highest BCUT2D eigenvalue weighted by Crippen LogP contribution is 2.38. The number of carbonyl (C=O) groups is 1. The van der Waals surface area contributed by atoms with Crippen LogP contribution in [0.25, 0.3) is 0 Å². The minimum absolute atomic E-state index is 0.199. The molecule has 0 unspecified atom stereocenters. The fraction of sp³-hybridized carbons (Fsp3) is 0.833. The highest BCUT2D eigenvalue weighted by Gasteiger charge is 2.44. The summed E-state index contributed by atoms with van der Waals surface area (Å²) >= 11 is 7.11. The zero-order chi connectivity index (χ0) is 12.3. The second kappa shape index (κ2) is 5.57. The molecule has 17 heavy (non-hydrogen) atoms. The number of amides is 1. The maximum Gasteiger partial charge on any atom is 0.235 e. The van der Waals surface area contributed by atoms with Gasteiger partial charge in [0, 0.05) is 24.6 Å². The molecule has 0 aromatic rings. The van der Waals surface area contributed by atoms with Crippen LogP contribution in [0.4, 0.5) is 0 Å². The number of hydrogen-bond donors (Lipinski definition) is 1. The lowest BCUT2D eigenvalue weighted by atomic mass is 9.73. The van der Waals surface area contributed by atoms with Crippen LogP contribution < -0.4 is 5.73 Å². The van der Waals surface area contributed by atoms with Gasteiger partial charge in [-0.3, -0.25) is 4.79 Å². The quantitative estimate of drug-likeness (QED) is 0.779. The maximum absolute atomic E-state index is 12.7. The number of thioether (sulfide) groups is 1. The average molecular weight is 272 g/mol. The van der Waals surface area contributed by atoms with E-state index in [2.05, 4.69) is 0 Å². The molecule has 2 N–H and O–H groups in total. The zero-order valence-corrected chi connectivity index (χ0v) is 11.7. The van der Waals surface area contributed by atoms with Crippen LogP contribution in [0.1, 0.15) is 32.1 Å². The Bertz CT molecular complexity index is 308. The van der Waals surface area contributed by atoms with Gasteiger partial charge in [-0.25, -0.2) is 0 Å². The third-order valence-corrected chi connectivity index (χ3v) is 5.22. The van der Waals surface area contributed by atoms with E-state index in [1.807, 2.05) is 16.7 Å². The van der Waals surface area contributed by atoms with Crippen molar-refractivity contribution in [1.29, 1.82) is 0 Å². The third kappa shape index (κ3) is 2.60. The smallest absolute Gasteiger partial charge is 0.235 e. The summed E-state index contributed by atoms with van der Waals surface area (Å²) in [6.45, 7) is 1.71. The van der Waals surface area contributed by atoms with Gasteiger partial charge in [-0.05, 0) is 12.8 Å². The van der Waals surface area contributed by atoms with Crippen molar-refractivity contribution < 1.29 is 4.79 Å². The normalized spacial score (nSPS) is 24.4. The lowest BCUT2D eigenvalue weighted by Crippen LogP contribution is -2.53. The van der Waals surface area contributed by atoms with Crippen LogP contribution >= 0.6 is 24.0 Å². The molecule has 0 bridgehead atoms. The molecule has 1 aliphatic carbocycles. The van der Waals surface area contributed by atoms with Crippen LogP contribution in [0.5, 0.6) is 0 Å². The summed E-state index contributed by atoms with van der Waals surface area (Å²) in [5, 5.41) is 0. The Hall–Kier alpha value is -0.290. The van der Waals surface area contributed by atoms with E-state index in [1.54, 1.807) is 0 Å². The van der Waals surface area contributed by atoms with Gasteiger partial charge in [-0.15, -0.1) is 0 Å². The molecule has 1 aliphatic heterocycles. The van der Waals surface area contributed by atoms with Gasteiger partial charge < -0.3 is 10.6 Å². The van der Waals surface area contributed by atoms with E-state index < -0.39 is 5.41 Å². The molecule has 2 rings (SSSR count). The SMILES string of the molecule is NC(=S)C1(C(=O)N2CCSCC2)CCCCC1. The van der Waals surface area contributed by atoms with Crippen molar-refractivity contribution in [1.82, 2.24) is 4.90 Å². The first-order valence-electron chi connectivity index (χ1n) is 6.34. The predicted molar refractivity (Wildman–Crippen MR) is 76.2 cm³/mol. The molecule has 1 heterocycles. The van der Waals surface area contributed by atoms with Crippen molar-refractivity contribution in [2.24, 2.45) is 11.1 Å². The third-order valence-electron chi connectivity index (χ3n) is 3.89. The topological polar surface area (TPSA) is 46.3 Å². The van der Waals surface area contributed by atoms with Crippen LogP contribution in [-0.2, 0) is 4.79 Å². The summed E-state index contributed by atoms with van der Waals surface area (Å²) in [6, 6.07) is 0. The molecule has 0 aromatic carbocycles. The summed E-state index contributed by atoms with van der Waals surface area (Å²) in [6.07, 6.45) is 5.06. The van der Waals surface area contributed by atoms with E-state index in [0.717, 1.165) is 50.3 Å². The van der Waals surface area contributed by atoms with E-state index in [4.69, 9.17) is 18.0 Å². The molecule has 96 valence electrons. The zero-order valence-electron chi connectivity index (χ0n) is 10.1. The minimum Gasteiger partial charge on any atom is -0.392 e. The Morgan fingerprint density at radius 2 is 1.76 bits per heavy atom. The highest BCUT2D eigenvalue weighted by atomic mass is 32.2. The summed E-state index contributed by atoms with van der Waals surface area (Å²) in [4.78, 5) is 15.1. The van der Waals surface area contributed by atoms with Gasteiger partial charge in [-0.1, -0.05) is 31.5 Å². The van der Waals surface area contributed by atoms with Gasteiger partial charge in [0.1, 0.15) is 0 Å². The van der Waals surface area contributed by atoms with Gasteiger partial charge in [0.25, 0.3) is 0 Å². The van der Waals surface area contributed by atoms with E-state index in [1.165, 1.54) is 6.42 Å². The van der Waals surface area contributed by atoms with Crippen molar-refractivity contribution >= 4 is 34.9 Å². The number of hydrogen-bond acceptors (Lipinski definition) is 3. The lowest BCUT2D eigenvalue weighted by Gasteiger charge is -2.40. The molecule has 1 amide bonds. The van der Waals surface area contributed by atoms with Gasteiger partial charge in [0.15, 0.2) is 0 Å². The molecule has 0 spiro atoms. The van der Waals surface area contributed by atoms with Crippen LogP contribution in [0.3, 0.4) is 0 Å². The van der Waals surface area contributed by atoms with Crippen molar-refractivity contribution in [2.75, 3.05) is 24.6 Å². The molecule has 2 fully saturated rings. The van der Waals surface area contributed by atoms with Crippen LogP contribution in [0, 0.1) is 5.41 Å². The Morgan fingerprint density at radius 1 is 1.18 bits per heavy atom. The Morgan fingerprint density at radius 3 is 2.29 bits per heavy atom. The molecule has 2 aliphatic rings. The van der Waals surface area contributed by atoms with Crippen molar-refractivity contribution in [3.63, 3.8) is 0 Å². The lowest BCUT2D eigenvalue weighted by molar-refractivity contribution is -0.139. The van der Waals surface area contributed by atoms with E-state index >= 15 is 0 Å². The van der Waals surface area contributed by atoms with Gasteiger partial charge >= 0.3 is 0 Å². The molecule has 1 saturated carbocycles. The molecular formula is C12H20N2OS2. The number of rotatable bonds is 2. The molecule has 3 nitrogen and oxygen atoms in total. The van der Waals surface area contributed by atoms with Crippen molar-refractivity contribution in [3.05, 3.63) is 0 Å². The minimum atomic E-state index is -0.518. The monoisotopic (exact) mass is 272 g/mol. The summed E-state index contributed by atoms with van der Waals surface area (Å²) in [7, 11) is 0. The highest BCUT2D eigenvalue weighted by molar-refractivity contribution is 7.99. The molecule has 1 saturated heterocycles. The fourth-order valence-electron chi connectivity index (χ4n) is 2.79. The molecular weight excluding hydrogens is 252 g/mol. The first-order chi connectivity index (χ1) is 8.17. The summed E-state index contributed by atoms with van der Waals surface area (Å²) in [5.74, 6) is 2.28. The van der Waals surface area contributed by atoms with Crippen LogP contribution in [0.15, 0.2) is 0 Å². The van der Waals surface area contributed by atoms with Crippen molar-refractivity contribution in [2.45, 2.75) is 32.1 Å². The van der Waals surface area contributed by atoms with Gasteiger partial charge in [0.2, 0.25) is 5.91 Å². The number of thiocarbonyl (C=S) groups is 1. The van der Waals surface area contributed by atoms with Crippen LogP contribution in [-0.4, -0.2) is 40.4 Å². The summed E-state index contributed by atoms with van der Waals surface area (Å²) < 4.78 is 0. The fourth-order valence-corrected chi connectivity index (χ4v) is 3.98. The van der Waals surface area contributed by atoms with Gasteiger partial charge in [0.05, 0.1) is 10.4 Å². The Balaban J connectivity index is 2.14. The molecule has 0 radical (unpaired) electrons. The second-order valence-electron chi connectivity index (χ2n) is 4.91. The van der Waals surface area contributed by atoms with Crippen molar-refractivity contribution in [3.8, 4) is 0 Å². The molecule has 0 atom stereocenters. The predicted octanol–water partition coefficient (Wildman–Crippen LogP) is 1.80. The Labute approximate surface area is 112 Å². The van der Waals surface area contributed by atoms with Crippen LogP contribution in [0.2, 0.25) is 0 Å². The number of nitrogens with two attached hydrogens (primary N) is 1. The van der Waals surface area contributed by atoms with E-state index in [0.29, 0.717) is 4.99 Å².